The topological polar surface area (TPSA) is 105 Å². The number of para-hydroxylation sites is 1. The zero-order chi connectivity index (χ0) is 31.5. The van der Waals surface area contributed by atoms with Gasteiger partial charge >= 0.3 is 7.12 Å². The first-order valence-electron chi connectivity index (χ1n) is 16.4. The van der Waals surface area contributed by atoms with E-state index in [1.165, 1.54) is 6.42 Å². The summed E-state index contributed by atoms with van der Waals surface area (Å²) >= 11 is 0. The zero-order valence-corrected chi connectivity index (χ0v) is 26.8. The summed E-state index contributed by atoms with van der Waals surface area (Å²) in [5, 5.41) is 8.25. The van der Waals surface area contributed by atoms with Crippen LogP contribution in [0.5, 0.6) is 0 Å². The second-order valence-electron chi connectivity index (χ2n) is 14.6. The SMILES string of the molecule is CC(C)C[C@H](NC(=O)[C@H](Cc1c[nH]c2ccccc12)NC(=O)c1ccc2ncccc2c1)B1O[C@@H]2C[C@@H]3C[C@@H](C3(C)C)[C@]2(C)O1. The van der Waals surface area contributed by atoms with Crippen LogP contribution in [0.3, 0.4) is 0 Å². The number of nitrogens with zero attached hydrogens (tertiary/aromatic N) is 1. The minimum absolute atomic E-state index is 0.0231. The Labute approximate surface area is 265 Å². The van der Waals surface area contributed by atoms with Gasteiger partial charge in [0.2, 0.25) is 5.91 Å². The second-order valence-corrected chi connectivity index (χ2v) is 14.6. The molecule has 0 spiro atoms. The lowest BCUT2D eigenvalue weighted by atomic mass is 9.43. The molecule has 8 nitrogen and oxygen atoms in total. The third kappa shape index (κ3) is 5.34. The summed E-state index contributed by atoms with van der Waals surface area (Å²) in [6.07, 6.45) is 6.86. The van der Waals surface area contributed by atoms with E-state index in [-0.39, 0.29) is 34.9 Å². The lowest BCUT2D eigenvalue weighted by molar-refractivity contribution is -0.199. The number of nitrogens with one attached hydrogen (secondary N) is 3. The Morgan fingerprint density at radius 1 is 1.07 bits per heavy atom. The molecule has 0 radical (unpaired) electrons. The fraction of sp³-hybridized carbons (Fsp3) is 0.472. The molecule has 6 atom stereocenters. The third-order valence-electron chi connectivity index (χ3n) is 10.9. The fourth-order valence-corrected chi connectivity index (χ4v) is 8.29. The van der Waals surface area contributed by atoms with E-state index >= 15 is 0 Å². The average Bonchev–Trinajstić information content (AvgIpc) is 3.60. The molecular weight excluding hydrogens is 563 g/mol. The minimum atomic E-state index is -0.818. The van der Waals surface area contributed by atoms with E-state index in [1.807, 2.05) is 54.7 Å². The number of rotatable bonds is 9. The van der Waals surface area contributed by atoms with Crippen molar-refractivity contribution in [2.75, 3.05) is 0 Å². The highest BCUT2D eigenvalue weighted by Gasteiger charge is 2.68. The Hall–Kier alpha value is -3.69. The normalized spacial score (nSPS) is 26.4. The molecule has 3 aliphatic carbocycles. The molecule has 3 heterocycles. The van der Waals surface area contributed by atoms with Gasteiger partial charge in [0, 0.05) is 40.7 Å². The van der Waals surface area contributed by atoms with Gasteiger partial charge in [0.05, 0.1) is 23.2 Å². The molecule has 45 heavy (non-hydrogen) atoms. The van der Waals surface area contributed by atoms with Gasteiger partial charge in [-0.25, -0.2) is 0 Å². The maximum absolute atomic E-state index is 14.2. The molecule has 0 unspecified atom stereocenters. The van der Waals surface area contributed by atoms with Gasteiger partial charge in [0.15, 0.2) is 0 Å². The van der Waals surface area contributed by atoms with Crippen LogP contribution in [0.25, 0.3) is 21.8 Å². The first-order chi connectivity index (χ1) is 21.5. The lowest BCUT2D eigenvalue weighted by Crippen LogP contribution is -2.65. The molecule has 3 saturated carbocycles. The largest absolute Gasteiger partial charge is 0.481 e. The van der Waals surface area contributed by atoms with E-state index in [2.05, 4.69) is 55.2 Å². The summed E-state index contributed by atoms with van der Waals surface area (Å²) < 4.78 is 13.4. The molecule has 1 aliphatic heterocycles. The number of carbonyl (C=O) groups excluding carboxylic acids is 2. The van der Waals surface area contributed by atoms with Crippen molar-refractivity contribution in [2.24, 2.45) is 23.2 Å². The highest BCUT2D eigenvalue weighted by atomic mass is 16.7. The summed E-state index contributed by atoms with van der Waals surface area (Å²) in [4.78, 5) is 35.6. The van der Waals surface area contributed by atoms with E-state index in [4.69, 9.17) is 9.31 Å². The smallest absolute Gasteiger partial charge is 0.404 e. The molecule has 1 saturated heterocycles. The number of fused-ring (bicyclic) bond motifs is 2. The Morgan fingerprint density at radius 2 is 1.89 bits per heavy atom. The number of carbonyl (C=O) groups is 2. The van der Waals surface area contributed by atoms with Crippen molar-refractivity contribution in [3.8, 4) is 0 Å². The monoisotopic (exact) mass is 606 g/mol. The molecule has 8 rings (SSSR count). The van der Waals surface area contributed by atoms with Gasteiger partial charge < -0.3 is 24.9 Å². The van der Waals surface area contributed by atoms with Crippen molar-refractivity contribution >= 4 is 40.7 Å². The molecule has 4 fully saturated rings. The Bertz CT molecular complexity index is 1750. The summed E-state index contributed by atoms with van der Waals surface area (Å²) in [5.41, 5.74) is 3.10. The molecule has 4 aromatic rings. The predicted molar refractivity (Wildman–Crippen MR) is 176 cm³/mol. The molecule has 2 amide bonds. The number of aromatic nitrogens is 2. The Morgan fingerprint density at radius 3 is 2.69 bits per heavy atom. The number of H-pyrrole nitrogens is 1. The van der Waals surface area contributed by atoms with Crippen LogP contribution < -0.4 is 10.6 Å². The fourth-order valence-electron chi connectivity index (χ4n) is 8.29. The summed E-state index contributed by atoms with van der Waals surface area (Å²) in [6, 6.07) is 16.4. The highest BCUT2D eigenvalue weighted by molar-refractivity contribution is 6.48. The average molecular weight is 607 g/mol. The van der Waals surface area contributed by atoms with Crippen LogP contribution in [-0.2, 0) is 20.5 Å². The number of pyridine rings is 1. The molecule has 2 bridgehead atoms. The van der Waals surface area contributed by atoms with Gasteiger partial charge in [-0.05, 0) is 85.3 Å². The van der Waals surface area contributed by atoms with E-state index < -0.39 is 13.2 Å². The Balaban J connectivity index is 1.15. The Kier molecular flexibility index (Phi) is 7.52. The molecule has 9 heteroatoms. The zero-order valence-electron chi connectivity index (χ0n) is 26.8. The summed E-state index contributed by atoms with van der Waals surface area (Å²) in [7, 11) is -0.543. The molecule has 4 aliphatic rings. The maximum Gasteiger partial charge on any atom is 0.481 e. The summed E-state index contributed by atoms with van der Waals surface area (Å²) in [6.45, 7) is 11.2. The quantitative estimate of drug-likeness (QED) is 0.207. The highest BCUT2D eigenvalue weighted by Crippen LogP contribution is 2.65. The molecule has 2 aromatic heterocycles. The van der Waals surface area contributed by atoms with Crippen LogP contribution in [0.1, 0.15) is 69.8 Å². The van der Waals surface area contributed by atoms with Gasteiger partial charge in [0.1, 0.15) is 6.04 Å². The van der Waals surface area contributed by atoms with Crippen molar-refractivity contribution in [3.05, 3.63) is 78.1 Å². The van der Waals surface area contributed by atoms with Crippen LogP contribution in [0.15, 0.2) is 67.0 Å². The predicted octanol–water partition coefficient (Wildman–Crippen LogP) is 5.86. The number of benzene rings is 2. The lowest BCUT2D eigenvalue weighted by Gasteiger charge is -2.64. The number of hydrogen-bond donors (Lipinski definition) is 3. The van der Waals surface area contributed by atoms with Crippen molar-refractivity contribution in [1.82, 2.24) is 20.6 Å². The number of aromatic amines is 1. The maximum atomic E-state index is 14.2. The van der Waals surface area contributed by atoms with Crippen LogP contribution in [-0.4, -0.2) is 52.6 Å². The van der Waals surface area contributed by atoms with Gasteiger partial charge in [0.25, 0.3) is 5.91 Å². The van der Waals surface area contributed by atoms with Crippen molar-refractivity contribution in [3.63, 3.8) is 0 Å². The van der Waals surface area contributed by atoms with Gasteiger partial charge in [-0.3, -0.25) is 14.6 Å². The first-order valence-corrected chi connectivity index (χ1v) is 16.4. The van der Waals surface area contributed by atoms with Crippen molar-refractivity contribution in [1.29, 1.82) is 0 Å². The van der Waals surface area contributed by atoms with Crippen LogP contribution >= 0.6 is 0 Å². The first kappa shape index (κ1) is 30.0. The van der Waals surface area contributed by atoms with Gasteiger partial charge in [-0.1, -0.05) is 52.0 Å². The van der Waals surface area contributed by atoms with Gasteiger partial charge in [-0.2, -0.15) is 0 Å². The van der Waals surface area contributed by atoms with E-state index in [0.717, 1.165) is 33.8 Å². The van der Waals surface area contributed by atoms with Gasteiger partial charge in [-0.15, -0.1) is 0 Å². The molecule has 3 N–H and O–H groups in total. The number of hydrogen-bond acceptors (Lipinski definition) is 5. The van der Waals surface area contributed by atoms with Crippen LogP contribution in [0, 0.1) is 23.2 Å². The third-order valence-corrected chi connectivity index (χ3v) is 10.9. The molecular formula is C36H43BN4O4. The second kappa shape index (κ2) is 11.3. The molecule has 234 valence electrons. The minimum Gasteiger partial charge on any atom is -0.404 e. The summed E-state index contributed by atoms with van der Waals surface area (Å²) in [5.74, 6) is 0.460. The van der Waals surface area contributed by atoms with Crippen molar-refractivity contribution < 1.29 is 18.9 Å². The van der Waals surface area contributed by atoms with E-state index in [0.29, 0.717) is 36.2 Å². The van der Waals surface area contributed by atoms with E-state index in [9.17, 15) is 9.59 Å². The van der Waals surface area contributed by atoms with Crippen LogP contribution in [0.4, 0.5) is 0 Å². The number of amides is 2. The van der Waals surface area contributed by atoms with E-state index in [1.54, 1.807) is 12.3 Å². The molecule has 2 aromatic carbocycles. The standard InChI is InChI=1S/C36H43BN4O4/c1-21(2)15-32(37-44-31-19-25-18-30(35(25,3)4)36(31,5)45-37)41-34(43)29(17-24-20-39-28-11-7-6-10-26(24)28)40-33(42)23-12-13-27-22(16-23)9-8-14-38-27/h6-14,16,20-21,25,29-32,39H,15,17-19H2,1-5H3,(H,40,42)(H,41,43)/t25-,29-,30-,31+,32-,36-/m0/s1. The van der Waals surface area contributed by atoms with Crippen molar-refractivity contribution in [2.45, 2.75) is 84.0 Å². The van der Waals surface area contributed by atoms with Crippen LogP contribution in [0.2, 0.25) is 0 Å².